The summed E-state index contributed by atoms with van der Waals surface area (Å²) in [5.74, 6) is 0.361. The molecule has 5 nitrogen and oxygen atoms in total. The molecule has 2 heterocycles. The smallest absolute Gasteiger partial charge is 0.256 e. The van der Waals surface area contributed by atoms with Gasteiger partial charge < -0.3 is 10.2 Å². The summed E-state index contributed by atoms with van der Waals surface area (Å²) in [4.78, 5) is 31.0. The average molecular weight is 396 g/mol. The van der Waals surface area contributed by atoms with Gasteiger partial charge in [-0.2, -0.15) is 0 Å². The molecule has 2 aromatic rings. The molecule has 2 amide bonds. The van der Waals surface area contributed by atoms with Crippen molar-refractivity contribution in [1.29, 1.82) is 0 Å². The van der Waals surface area contributed by atoms with Crippen molar-refractivity contribution in [2.45, 2.75) is 17.9 Å². The van der Waals surface area contributed by atoms with Gasteiger partial charge in [0.25, 0.3) is 5.91 Å². The van der Waals surface area contributed by atoms with E-state index in [9.17, 15) is 9.59 Å². The molecule has 1 aliphatic heterocycles. The number of pyridine rings is 1. The Bertz CT molecular complexity index is 831. The molecule has 146 valence electrons. The minimum Gasteiger partial charge on any atom is -0.352 e. The summed E-state index contributed by atoms with van der Waals surface area (Å²) in [5, 5.41) is 3.74. The zero-order chi connectivity index (χ0) is 19.8. The third-order valence-corrected chi connectivity index (χ3v) is 5.60. The first-order valence-corrected chi connectivity index (χ1v) is 10.7. The van der Waals surface area contributed by atoms with Crippen molar-refractivity contribution in [2.75, 3.05) is 25.9 Å². The molecule has 1 aliphatic rings. The minimum atomic E-state index is -0.0812. The van der Waals surface area contributed by atoms with Gasteiger partial charge in [-0.3, -0.25) is 9.59 Å². The molecule has 0 atom stereocenters. The molecule has 1 aromatic carbocycles. The van der Waals surface area contributed by atoms with Gasteiger partial charge in [0.05, 0.1) is 5.56 Å². The summed E-state index contributed by atoms with van der Waals surface area (Å²) in [6, 6.07) is 13.4. The van der Waals surface area contributed by atoms with E-state index in [4.69, 9.17) is 0 Å². The van der Waals surface area contributed by atoms with E-state index in [-0.39, 0.29) is 11.8 Å². The Kier molecular flexibility index (Phi) is 7.25. The summed E-state index contributed by atoms with van der Waals surface area (Å²) >= 11 is 1.49. The lowest BCUT2D eigenvalue weighted by Crippen LogP contribution is -2.41. The number of hydrogen-bond acceptors (Lipinski definition) is 4. The first kappa shape index (κ1) is 20.1. The summed E-state index contributed by atoms with van der Waals surface area (Å²) < 4.78 is 0. The Labute approximate surface area is 170 Å². The number of carbonyl (C=O) groups is 2. The van der Waals surface area contributed by atoms with E-state index in [0.29, 0.717) is 31.1 Å². The van der Waals surface area contributed by atoms with Gasteiger partial charge in [0.2, 0.25) is 5.91 Å². The third kappa shape index (κ3) is 5.45. The van der Waals surface area contributed by atoms with Crippen LogP contribution in [0.25, 0.3) is 6.08 Å². The van der Waals surface area contributed by atoms with Crippen LogP contribution in [0.1, 0.15) is 28.8 Å². The van der Waals surface area contributed by atoms with Gasteiger partial charge in [0.1, 0.15) is 5.03 Å². The minimum absolute atomic E-state index is 0.0470. The molecule has 1 saturated heterocycles. The van der Waals surface area contributed by atoms with Gasteiger partial charge in [-0.1, -0.05) is 30.3 Å². The highest BCUT2D eigenvalue weighted by atomic mass is 32.2. The quantitative estimate of drug-likeness (QED) is 0.601. The Balaban J connectivity index is 1.44. The fraction of sp³-hybridized carbons (Fsp3) is 0.318. The molecule has 0 bridgehead atoms. The number of aromatic nitrogens is 1. The second-order valence-corrected chi connectivity index (χ2v) is 7.58. The number of nitrogens with zero attached hydrogens (tertiary/aromatic N) is 2. The summed E-state index contributed by atoms with van der Waals surface area (Å²) in [5.41, 5.74) is 1.68. The lowest BCUT2D eigenvalue weighted by atomic mass is 9.96. The lowest BCUT2D eigenvalue weighted by molar-refractivity contribution is -0.116. The number of hydrogen-bond donors (Lipinski definition) is 1. The maximum absolute atomic E-state index is 12.8. The Morgan fingerprint density at radius 1 is 1.18 bits per heavy atom. The number of nitrogens with one attached hydrogen (secondary N) is 1. The summed E-state index contributed by atoms with van der Waals surface area (Å²) in [6.45, 7) is 2.06. The zero-order valence-corrected chi connectivity index (χ0v) is 16.8. The fourth-order valence-electron chi connectivity index (χ4n) is 3.27. The molecule has 1 fully saturated rings. The van der Waals surface area contributed by atoms with Gasteiger partial charge in [0.15, 0.2) is 0 Å². The van der Waals surface area contributed by atoms with Crippen LogP contribution in [0.2, 0.25) is 0 Å². The van der Waals surface area contributed by atoms with E-state index >= 15 is 0 Å². The Morgan fingerprint density at radius 2 is 1.93 bits per heavy atom. The standard InChI is InChI=1S/C22H25N3O2S/c1-28-21-19(8-5-13-23-21)22(27)25-14-11-18(12-15-25)16-24-20(26)10-9-17-6-3-2-4-7-17/h2-10,13,18H,11-12,14-16H2,1H3,(H,24,26)/b10-9+. The van der Waals surface area contributed by atoms with Crippen LogP contribution in [-0.2, 0) is 4.79 Å². The molecule has 0 aliphatic carbocycles. The molecular weight excluding hydrogens is 370 g/mol. The van der Waals surface area contributed by atoms with E-state index < -0.39 is 0 Å². The van der Waals surface area contributed by atoms with E-state index in [1.807, 2.05) is 53.6 Å². The van der Waals surface area contributed by atoms with Gasteiger partial charge in [-0.15, -0.1) is 11.8 Å². The number of thioether (sulfide) groups is 1. The van der Waals surface area contributed by atoms with Crippen LogP contribution in [0.4, 0.5) is 0 Å². The number of likely N-dealkylation sites (tertiary alicyclic amines) is 1. The normalized spacial score (nSPS) is 15.0. The van der Waals surface area contributed by atoms with Crippen LogP contribution in [0.3, 0.4) is 0 Å². The molecule has 3 rings (SSSR count). The van der Waals surface area contributed by atoms with E-state index in [1.165, 1.54) is 11.8 Å². The number of amides is 2. The number of carbonyl (C=O) groups excluding carboxylic acids is 2. The predicted octanol–water partition coefficient (Wildman–Crippen LogP) is 3.49. The largest absolute Gasteiger partial charge is 0.352 e. The summed E-state index contributed by atoms with van der Waals surface area (Å²) in [7, 11) is 0. The average Bonchev–Trinajstić information content (AvgIpc) is 2.76. The number of benzene rings is 1. The van der Waals surface area contributed by atoms with E-state index in [0.717, 1.165) is 23.4 Å². The van der Waals surface area contributed by atoms with Gasteiger partial charge >= 0.3 is 0 Å². The van der Waals surface area contributed by atoms with Gasteiger partial charge in [-0.05, 0) is 48.8 Å². The van der Waals surface area contributed by atoms with Crippen molar-refractivity contribution in [1.82, 2.24) is 15.2 Å². The van der Waals surface area contributed by atoms with Crippen LogP contribution in [0.5, 0.6) is 0 Å². The van der Waals surface area contributed by atoms with Crippen molar-refractivity contribution in [3.8, 4) is 0 Å². The van der Waals surface area contributed by atoms with E-state index in [2.05, 4.69) is 10.3 Å². The second kappa shape index (κ2) is 10.1. The predicted molar refractivity (Wildman–Crippen MR) is 113 cm³/mol. The van der Waals surface area contributed by atoms with E-state index in [1.54, 1.807) is 18.3 Å². The topological polar surface area (TPSA) is 62.3 Å². The fourth-order valence-corrected chi connectivity index (χ4v) is 3.81. The first-order valence-electron chi connectivity index (χ1n) is 9.46. The molecular formula is C22H25N3O2S. The molecule has 1 aromatic heterocycles. The van der Waals surface area contributed by atoms with Crippen molar-refractivity contribution in [2.24, 2.45) is 5.92 Å². The van der Waals surface area contributed by atoms with Crippen LogP contribution in [-0.4, -0.2) is 47.6 Å². The van der Waals surface area contributed by atoms with Crippen LogP contribution in [0.15, 0.2) is 59.8 Å². The first-order chi connectivity index (χ1) is 13.7. The zero-order valence-electron chi connectivity index (χ0n) is 16.0. The summed E-state index contributed by atoms with van der Waals surface area (Å²) in [6.07, 6.45) is 8.81. The Morgan fingerprint density at radius 3 is 2.64 bits per heavy atom. The monoisotopic (exact) mass is 395 g/mol. The Hall–Kier alpha value is -2.60. The lowest BCUT2D eigenvalue weighted by Gasteiger charge is -2.32. The molecule has 28 heavy (non-hydrogen) atoms. The SMILES string of the molecule is CSc1ncccc1C(=O)N1CCC(CNC(=O)/C=C/c2ccccc2)CC1. The maximum atomic E-state index is 12.8. The van der Waals surface area contributed by atoms with Gasteiger partial charge in [0, 0.05) is 31.9 Å². The van der Waals surface area contributed by atoms with Crippen molar-refractivity contribution in [3.05, 3.63) is 65.9 Å². The number of rotatable bonds is 6. The molecule has 0 unspecified atom stereocenters. The van der Waals surface area contributed by atoms with Crippen molar-refractivity contribution in [3.63, 3.8) is 0 Å². The number of piperidine rings is 1. The molecule has 1 N–H and O–H groups in total. The third-order valence-electron chi connectivity index (χ3n) is 4.89. The van der Waals surface area contributed by atoms with Crippen LogP contribution in [0, 0.1) is 5.92 Å². The maximum Gasteiger partial charge on any atom is 0.256 e. The molecule has 6 heteroatoms. The van der Waals surface area contributed by atoms with Crippen LogP contribution >= 0.6 is 11.8 Å². The highest BCUT2D eigenvalue weighted by Gasteiger charge is 2.25. The second-order valence-electron chi connectivity index (χ2n) is 6.78. The molecule has 0 radical (unpaired) electrons. The van der Waals surface area contributed by atoms with Gasteiger partial charge in [-0.25, -0.2) is 4.98 Å². The van der Waals surface area contributed by atoms with Crippen molar-refractivity contribution < 1.29 is 9.59 Å². The van der Waals surface area contributed by atoms with Crippen molar-refractivity contribution >= 4 is 29.7 Å². The molecule has 0 saturated carbocycles. The molecule has 0 spiro atoms. The van der Waals surface area contributed by atoms with Crippen LogP contribution < -0.4 is 5.32 Å². The highest BCUT2D eigenvalue weighted by Crippen LogP contribution is 2.22. The highest BCUT2D eigenvalue weighted by molar-refractivity contribution is 7.98.